The van der Waals surface area contributed by atoms with Crippen LogP contribution in [-0.4, -0.2) is 15.1 Å². The van der Waals surface area contributed by atoms with Crippen LogP contribution in [0, 0.1) is 6.92 Å². The van der Waals surface area contributed by atoms with Gasteiger partial charge in [0.25, 0.3) is 0 Å². The van der Waals surface area contributed by atoms with E-state index in [0.29, 0.717) is 6.42 Å². The Morgan fingerprint density at radius 2 is 2.36 bits per heavy atom. The van der Waals surface area contributed by atoms with Gasteiger partial charge in [0.1, 0.15) is 6.33 Å². The first-order chi connectivity index (χ1) is 5.25. The van der Waals surface area contributed by atoms with Crippen LogP contribution in [0.1, 0.15) is 30.7 Å². The fourth-order valence-electron chi connectivity index (χ4n) is 0.951. The van der Waals surface area contributed by atoms with Gasteiger partial charge >= 0.3 is 0 Å². The zero-order valence-electron chi connectivity index (χ0n) is 6.78. The molecule has 0 aromatic carbocycles. The van der Waals surface area contributed by atoms with Gasteiger partial charge in [-0.3, -0.25) is 0 Å². The highest BCUT2D eigenvalue weighted by molar-refractivity contribution is 5.15. The van der Waals surface area contributed by atoms with Crippen molar-refractivity contribution in [2.45, 2.75) is 26.4 Å². The predicted octanol–water partition coefficient (Wildman–Crippen LogP) is 1.23. The second kappa shape index (κ2) is 3.44. The fraction of sp³-hybridized carbons (Fsp3) is 0.500. The van der Waals surface area contributed by atoms with Gasteiger partial charge in [-0.05, 0) is 18.9 Å². The summed E-state index contributed by atoms with van der Waals surface area (Å²) in [5.41, 5.74) is 1.68. The zero-order chi connectivity index (χ0) is 8.27. The van der Waals surface area contributed by atoms with Crippen LogP contribution in [0.2, 0.25) is 0 Å². The molecule has 1 aromatic heterocycles. The largest absolute Gasteiger partial charge is 0.387 e. The van der Waals surface area contributed by atoms with Gasteiger partial charge in [0.15, 0.2) is 0 Å². The van der Waals surface area contributed by atoms with Gasteiger partial charge < -0.3 is 5.11 Å². The number of hydrogen-bond acceptors (Lipinski definition) is 3. The fourth-order valence-corrected chi connectivity index (χ4v) is 0.951. The Bertz CT molecular complexity index is 237. The van der Waals surface area contributed by atoms with E-state index < -0.39 is 6.10 Å². The summed E-state index contributed by atoms with van der Waals surface area (Å²) in [7, 11) is 0. The van der Waals surface area contributed by atoms with Crippen LogP contribution in [0.5, 0.6) is 0 Å². The molecule has 0 aliphatic rings. The summed E-state index contributed by atoms with van der Waals surface area (Å²) in [6.45, 7) is 3.82. The molecule has 0 amide bonds. The maximum atomic E-state index is 9.42. The van der Waals surface area contributed by atoms with E-state index in [1.807, 2.05) is 13.8 Å². The standard InChI is InChI=1S/C8H12N2O/c1-3-7(11)8-6(2)4-9-5-10-8/h4-5,7,11H,3H2,1-2H3. The van der Waals surface area contributed by atoms with Gasteiger partial charge in [-0.15, -0.1) is 0 Å². The van der Waals surface area contributed by atoms with Crippen LogP contribution in [0.4, 0.5) is 0 Å². The molecule has 1 aromatic rings. The monoisotopic (exact) mass is 152 g/mol. The van der Waals surface area contributed by atoms with Crippen LogP contribution >= 0.6 is 0 Å². The highest BCUT2D eigenvalue weighted by Gasteiger charge is 2.08. The summed E-state index contributed by atoms with van der Waals surface area (Å²) in [4.78, 5) is 7.83. The molecular weight excluding hydrogens is 140 g/mol. The SMILES string of the molecule is CCC(O)c1ncncc1C. The van der Waals surface area contributed by atoms with Crippen molar-refractivity contribution >= 4 is 0 Å². The lowest BCUT2D eigenvalue weighted by Gasteiger charge is -2.08. The predicted molar refractivity (Wildman–Crippen MR) is 42.0 cm³/mol. The molecule has 0 radical (unpaired) electrons. The third kappa shape index (κ3) is 1.74. The summed E-state index contributed by atoms with van der Waals surface area (Å²) in [6, 6.07) is 0. The first-order valence-electron chi connectivity index (χ1n) is 3.70. The van der Waals surface area contributed by atoms with Crippen molar-refractivity contribution < 1.29 is 5.11 Å². The van der Waals surface area contributed by atoms with Gasteiger partial charge in [-0.1, -0.05) is 6.92 Å². The molecule has 1 rings (SSSR count). The number of aromatic nitrogens is 2. The molecular formula is C8H12N2O. The Morgan fingerprint density at radius 1 is 1.64 bits per heavy atom. The Morgan fingerprint density at radius 3 is 2.91 bits per heavy atom. The number of rotatable bonds is 2. The van der Waals surface area contributed by atoms with Crippen molar-refractivity contribution in [2.24, 2.45) is 0 Å². The Labute approximate surface area is 66.1 Å². The van der Waals surface area contributed by atoms with Crippen molar-refractivity contribution in [2.75, 3.05) is 0 Å². The normalized spacial score (nSPS) is 13.0. The van der Waals surface area contributed by atoms with Crippen LogP contribution in [0.15, 0.2) is 12.5 Å². The number of aliphatic hydroxyl groups is 1. The summed E-state index contributed by atoms with van der Waals surface area (Å²) in [6.07, 6.45) is 3.42. The Kier molecular flexibility index (Phi) is 2.54. The van der Waals surface area contributed by atoms with Gasteiger partial charge in [-0.25, -0.2) is 9.97 Å². The molecule has 0 aliphatic carbocycles. The number of hydrogen-bond donors (Lipinski definition) is 1. The summed E-state index contributed by atoms with van der Waals surface area (Å²) in [5, 5.41) is 9.42. The van der Waals surface area contributed by atoms with Crippen LogP contribution < -0.4 is 0 Å². The molecule has 0 aliphatic heterocycles. The van der Waals surface area contributed by atoms with E-state index in [2.05, 4.69) is 9.97 Å². The molecule has 60 valence electrons. The number of aryl methyl sites for hydroxylation is 1. The second-order valence-electron chi connectivity index (χ2n) is 2.52. The molecule has 0 spiro atoms. The number of aliphatic hydroxyl groups excluding tert-OH is 1. The highest BCUT2D eigenvalue weighted by atomic mass is 16.3. The molecule has 11 heavy (non-hydrogen) atoms. The number of nitrogens with zero attached hydrogens (tertiary/aromatic N) is 2. The highest BCUT2D eigenvalue weighted by Crippen LogP contribution is 2.15. The van der Waals surface area contributed by atoms with E-state index in [4.69, 9.17) is 0 Å². The molecule has 3 nitrogen and oxygen atoms in total. The molecule has 1 heterocycles. The van der Waals surface area contributed by atoms with Crippen molar-refractivity contribution in [3.8, 4) is 0 Å². The Balaban J connectivity index is 2.93. The van der Waals surface area contributed by atoms with Crippen molar-refractivity contribution in [3.05, 3.63) is 23.8 Å². The third-order valence-corrected chi connectivity index (χ3v) is 1.64. The van der Waals surface area contributed by atoms with Crippen LogP contribution in [0.25, 0.3) is 0 Å². The van der Waals surface area contributed by atoms with E-state index in [0.717, 1.165) is 11.3 Å². The third-order valence-electron chi connectivity index (χ3n) is 1.64. The lowest BCUT2D eigenvalue weighted by Crippen LogP contribution is -2.01. The summed E-state index contributed by atoms with van der Waals surface area (Å²) >= 11 is 0. The average Bonchev–Trinajstić information content (AvgIpc) is 2.04. The molecule has 0 fully saturated rings. The smallest absolute Gasteiger partial charge is 0.115 e. The minimum absolute atomic E-state index is 0.446. The van der Waals surface area contributed by atoms with Crippen LogP contribution in [0.3, 0.4) is 0 Å². The quantitative estimate of drug-likeness (QED) is 0.693. The van der Waals surface area contributed by atoms with E-state index in [-0.39, 0.29) is 0 Å². The van der Waals surface area contributed by atoms with Crippen LogP contribution in [-0.2, 0) is 0 Å². The second-order valence-corrected chi connectivity index (χ2v) is 2.52. The maximum absolute atomic E-state index is 9.42. The van der Waals surface area contributed by atoms with Gasteiger partial charge in [0, 0.05) is 6.20 Å². The van der Waals surface area contributed by atoms with Gasteiger partial charge in [-0.2, -0.15) is 0 Å². The topological polar surface area (TPSA) is 46.0 Å². The molecule has 1 unspecified atom stereocenters. The van der Waals surface area contributed by atoms with Crippen molar-refractivity contribution in [1.82, 2.24) is 9.97 Å². The van der Waals surface area contributed by atoms with Crippen molar-refractivity contribution in [1.29, 1.82) is 0 Å². The van der Waals surface area contributed by atoms with E-state index in [9.17, 15) is 5.11 Å². The zero-order valence-corrected chi connectivity index (χ0v) is 6.78. The lowest BCUT2D eigenvalue weighted by molar-refractivity contribution is 0.168. The first kappa shape index (κ1) is 8.14. The molecule has 3 heteroatoms. The molecule has 0 saturated heterocycles. The van der Waals surface area contributed by atoms with Crippen molar-refractivity contribution in [3.63, 3.8) is 0 Å². The summed E-state index contributed by atoms with van der Waals surface area (Å²) < 4.78 is 0. The van der Waals surface area contributed by atoms with Gasteiger partial charge in [0.2, 0.25) is 0 Å². The summed E-state index contributed by atoms with van der Waals surface area (Å²) in [5.74, 6) is 0. The minimum atomic E-state index is -0.446. The van der Waals surface area contributed by atoms with E-state index in [1.54, 1.807) is 6.20 Å². The molecule has 0 bridgehead atoms. The molecule has 0 saturated carbocycles. The Hall–Kier alpha value is -0.960. The van der Waals surface area contributed by atoms with Gasteiger partial charge in [0.05, 0.1) is 11.8 Å². The molecule has 1 N–H and O–H groups in total. The van der Waals surface area contributed by atoms with E-state index >= 15 is 0 Å². The minimum Gasteiger partial charge on any atom is -0.387 e. The first-order valence-corrected chi connectivity index (χ1v) is 3.70. The lowest BCUT2D eigenvalue weighted by atomic mass is 10.1. The van der Waals surface area contributed by atoms with E-state index in [1.165, 1.54) is 6.33 Å². The maximum Gasteiger partial charge on any atom is 0.115 e. The average molecular weight is 152 g/mol. The molecule has 1 atom stereocenters.